The van der Waals surface area contributed by atoms with Crippen molar-refractivity contribution in [2.45, 2.75) is 57.5 Å². The quantitative estimate of drug-likeness (QED) is 0.832. The number of hydrogen-bond acceptors (Lipinski definition) is 4. The Labute approximate surface area is 137 Å². The van der Waals surface area contributed by atoms with Crippen LogP contribution in [0.15, 0.2) is 0 Å². The van der Waals surface area contributed by atoms with E-state index in [0.29, 0.717) is 11.9 Å². The zero-order valence-corrected chi connectivity index (χ0v) is 14.1. The molecule has 1 aromatic rings. The lowest BCUT2D eigenvalue weighted by molar-refractivity contribution is -0.135. The van der Waals surface area contributed by atoms with Crippen molar-refractivity contribution in [2.75, 3.05) is 26.7 Å². The maximum absolute atomic E-state index is 12.7. The van der Waals surface area contributed by atoms with Gasteiger partial charge < -0.3 is 9.47 Å². The molecule has 6 heteroatoms. The van der Waals surface area contributed by atoms with E-state index >= 15 is 0 Å². The molecule has 0 aromatic carbocycles. The number of fused-ring (bicyclic) bond motifs is 1. The van der Waals surface area contributed by atoms with Gasteiger partial charge in [0, 0.05) is 32.0 Å². The van der Waals surface area contributed by atoms with Gasteiger partial charge in [-0.2, -0.15) is 0 Å². The number of likely N-dealkylation sites (tertiary alicyclic amines) is 1. The number of rotatable bonds is 2. The van der Waals surface area contributed by atoms with Crippen LogP contribution in [0, 0.1) is 5.92 Å². The molecule has 3 heterocycles. The van der Waals surface area contributed by atoms with Crippen molar-refractivity contribution in [1.29, 1.82) is 0 Å². The Bertz CT molecular complexity index is 578. The van der Waals surface area contributed by atoms with Crippen molar-refractivity contribution < 1.29 is 4.79 Å². The van der Waals surface area contributed by atoms with Crippen molar-refractivity contribution in [3.8, 4) is 0 Å². The van der Waals surface area contributed by atoms with E-state index in [-0.39, 0.29) is 5.92 Å². The monoisotopic (exact) mass is 317 g/mol. The topological polar surface area (TPSA) is 54.3 Å². The van der Waals surface area contributed by atoms with E-state index < -0.39 is 0 Å². The van der Waals surface area contributed by atoms with Crippen LogP contribution in [0.3, 0.4) is 0 Å². The van der Waals surface area contributed by atoms with Crippen LogP contribution in [-0.2, 0) is 17.8 Å². The minimum Gasteiger partial charge on any atom is -0.340 e. The average Bonchev–Trinajstić information content (AvgIpc) is 3.26. The van der Waals surface area contributed by atoms with Crippen LogP contribution in [0.5, 0.6) is 0 Å². The fourth-order valence-electron chi connectivity index (χ4n) is 4.48. The third-order valence-electron chi connectivity index (χ3n) is 5.89. The van der Waals surface area contributed by atoms with Gasteiger partial charge in [-0.1, -0.05) is 12.8 Å². The molecule has 0 bridgehead atoms. The second kappa shape index (κ2) is 6.23. The average molecular weight is 317 g/mol. The number of hydrogen-bond donors (Lipinski definition) is 0. The Morgan fingerprint density at radius 3 is 2.57 bits per heavy atom. The molecule has 3 aliphatic rings. The minimum atomic E-state index is 0.277. The molecular formula is C17H27N5O. The summed E-state index contributed by atoms with van der Waals surface area (Å²) in [5.41, 5.74) is 0. The molecule has 6 nitrogen and oxygen atoms in total. The fourth-order valence-corrected chi connectivity index (χ4v) is 4.48. The third kappa shape index (κ3) is 2.77. The molecule has 0 radical (unpaired) electrons. The fraction of sp³-hybridized carbons (Fsp3) is 0.824. The Morgan fingerprint density at radius 1 is 1.00 bits per heavy atom. The standard InChI is InChI=1S/C17H27N5O/c1-20-9-4-7-14(20)16-19-18-15-8-10-21(11-12-22(15)16)17(23)13-5-2-3-6-13/h13-14H,2-12H2,1H3/t14-/m1/s1. The summed E-state index contributed by atoms with van der Waals surface area (Å²) >= 11 is 0. The van der Waals surface area contributed by atoms with Gasteiger partial charge in [0.2, 0.25) is 5.91 Å². The highest BCUT2D eigenvalue weighted by atomic mass is 16.2. The molecule has 2 aliphatic heterocycles. The summed E-state index contributed by atoms with van der Waals surface area (Å²) in [6.45, 7) is 3.59. The third-order valence-corrected chi connectivity index (χ3v) is 5.89. The van der Waals surface area contributed by atoms with E-state index in [1.165, 1.54) is 25.7 Å². The normalized spacial score (nSPS) is 26.5. The van der Waals surface area contributed by atoms with Crippen LogP contribution >= 0.6 is 0 Å². The first-order valence-corrected chi connectivity index (χ1v) is 9.15. The lowest BCUT2D eigenvalue weighted by Gasteiger charge is -2.24. The molecule has 2 fully saturated rings. The van der Waals surface area contributed by atoms with Crippen molar-refractivity contribution in [3.63, 3.8) is 0 Å². The zero-order chi connectivity index (χ0) is 15.8. The van der Waals surface area contributed by atoms with Crippen molar-refractivity contribution in [1.82, 2.24) is 24.6 Å². The molecule has 0 spiro atoms. The molecule has 1 amide bonds. The molecule has 1 saturated carbocycles. The van der Waals surface area contributed by atoms with E-state index in [1.807, 2.05) is 0 Å². The van der Waals surface area contributed by atoms with Crippen LogP contribution in [0.2, 0.25) is 0 Å². The molecule has 1 saturated heterocycles. The Balaban J connectivity index is 1.48. The van der Waals surface area contributed by atoms with Gasteiger partial charge in [0.1, 0.15) is 11.6 Å². The maximum atomic E-state index is 12.7. The molecule has 1 aromatic heterocycles. The SMILES string of the molecule is CN1CCC[C@@H]1c1nnc2n1CCN(C(=O)C1CCCC1)CC2. The van der Waals surface area contributed by atoms with E-state index in [0.717, 1.165) is 57.1 Å². The summed E-state index contributed by atoms with van der Waals surface area (Å²) in [5.74, 6) is 2.82. The smallest absolute Gasteiger partial charge is 0.225 e. The first-order valence-electron chi connectivity index (χ1n) is 9.15. The summed E-state index contributed by atoms with van der Waals surface area (Å²) in [6, 6.07) is 0.397. The predicted octanol–water partition coefficient (Wildman–Crippen LogP) is 1.62. The van der Waals surface area contributed by atoms with E-state index in [9.17, 15) is 4.79 Å². The number of carbonyl (C=O) groups is 1. The van der Waals surface area contributed by atoms with Gasteiger partial charge in [-0.3, -0.25) is 9.69 Å². The summed E-state index contributed by atoms with van der Waals surface area (Å²) in [5, 5.41) is 8.92. The number of carbonyl (C=O) groups excluding carboxylic acids is 1. The maximum Gasteiger partial charge on any atom is 0.225 e. The van der Waals surface area contributed by atoms with Gasteiger partial charge in [0.25, 0.3) is 0 Å². The van der Waals surface area contributed by atoms with Gasteiger partial charge >= 0.3 is 0 Å². The van der Waals surface area contributed by atoms with Gasteiger partial charge in [-0.25, -0.2) is 0 Å². The number of aromatic nitrogens is 3. The minimum absolute atomic E-state index is 0.277. The Kier molecular flexibility index (Phi) is 4.09. The molecule has 0 N–H and O–H groups in total. The van der Waals surface area contributed by atoms with Crippen LogP contribution in [0.4, 0.5) is 0 Å². The summed E-state index contributed by atoms with van der Waals surface area (Å²) in [4.78, 5) is 17.1. The van der Waals surface area contributed by atoms with Gasteiger partial charge in [0.05, 0.1) is 6.04 Å². The van der Waals surface area contributed by atoms with Crippen molar-refractivity contribution in [2.24, 2.45) is 5.92 Å². The summed E-state index contributed by atoms with van der Waals surface area (Å²) in [6.07, 6.45) is 7.83. The molecule has 1 aliphatic carbocycles. The molecular weight excluding hydrogens is 290 g/mol. The lowest BCUT2D eigenvalue weighted by atomic mass is 10.1. The Hall–Kier alpha value is -1.43. The first kappa shape index (κ1) is 15.1. The zero-order valence-electron chi connectivity index (χ0n) is 14.1. The van der Waals surface area contributed by atoms with Crippen LogP contribution in [0.1, 0.15) is 56.2 Å². The van der Waals surface area contributed by atoms with Gasteiger partial charge in [-0.15, -0.1) is 10.2 Å². The summed E-state index contributed by atoms with van der Waals surface area (Å²) in [7, 11) is 2.17. The van der Waals surface area contributed by atoms with Crippen molar-refractivity contribution in [3.05, 3.63) is 11.6 Å². The van der Waals surface area contributed by atoms with Crippen LogP contribution in [0.25, 0.3) is 0 Å². The van der Waals surface area contributed by atoms with Crippen LogP contribution < -0.4 is 0 Å². The van der Waals surface area contributed by atoms with Crippen molar-refractivity contribution >= 4 is 5.91 Å². The molecule has 126 valence electrons. The molecule has 23 heavy (non-hydrogen) atoms. The van der Waals surface area contributed by atoms with E-state index in [1.54, 1.807) is 0 Å². The summed E-state index contributed by atoms with van der Waals surface area (Å²) < 4.78 is 2.29. The molecule has 4 rings (SSSR count). The van der Waals surface area contributed by atoms with Crippen LogP contribution in [-0.4, -0.2) is 57.2 Å². The number of amides is 1. The highest BCUT2D eigenvalue weighted by Gasteiger charge is 2.32. The second-order valence-electron chi connectivity index (χ2n) is 7.32. The van der Waals surface area contributed by atoms with E-state index in [2.05, 4.69) is 31.6 Å². The molecule has 0 unspecified atom stereocenters. The largest absolute Gasteiger partial charge is 0.340 e. The number of nitrogens with zero attached hydrogens (tertiary/aromatic N) is 5. The lowest BCUT2D eigenvalue weighted by Crippen LogP contribution is -2.37. The molecule has 1 atom stereocenters. The first-order chi connectivity index (χ1) is 11.2. The van der Waals surface area contributed by atoms with E-state index in [4.69, 9.17) is 0 Å². The highest BCUT2D eigenvalue weighted by molar-refractivity contribution is 5.79. The van der Waals surface area contributed by atoms with Gasteiger partial charge in [-0.05, 0) is 39.3 Å². The predicted molar refractivity (Wildman–Crippen MR) is 86.9 cm³/mol. The highest BCUT2D eigenvalue weighted by Crippen LogP contribution is 2.31. The Morgan fingerprint density at radius 2 is 1.83 bits per heavy atom. The second-order valence-corrected chi connectivity index (χ2v) is 7.32. The van der Waals surface area contributed by atoms with Gasteiger partial charge in [0.15, 0.2) is 0 Å².